The molecule has 3 unspecified atom stereocenters. The molecule has 0 aromatic rings. The molecule has 3 amide bonds. The average Bonchev–Trinajstić information content (AvgIpc) is 2.45. The summed E-state index contributed by atoms with van der Waals surface area (Å²) in [4.78, 5) is 36.1. The summed E-state index contributed by atoms with van der Waals surface area (Å²) in [6, 6.07) is -0.764. The molecule has 1 aliphatic heterocycles. The van der Waals surface area contributed by atoms with E-state index < -0.39 is 17.9 Å². The van der Waals surface area contributed by atoms with E-state index in [0.29, 0.717) is 13.1 Å². The van der Waals surface area contributed by atoms with Crippen LogP contribution in [0.1, 0.15) is 26.7 Å². The standard InChI is InChI=1S/C13H23N3O4/c1-8(12(18)19)9(2)15-13(20)16-6-4-5-10(7-16)11(17)14-3/h8-10H,4-7H2,1-3H3,(H,14,17)(H,15,20)(H,18,19). The van der Waals surface area contributed by atoms with Crippen molar-refractivity contribution in [2.45, 2.75) is 32.7 Å². The molecular weight excluding hydrogens is 262 g/mol. The minimum Gasteiger partial charge on any atom is -0.481 e. The number of piperidine rings is 1. The molecule has 114 valence electrons. The lowest BCUT2D eigenvalue weighted by molar-refractivity contribution is -0.141. The lowest BCUT2D eigenvalue weighted by Crippen LogP contribution is -2.51. The zero-order chi connectivity index (χ0) is 15.3. The molecule has 0 saturated carbocycles. The van der Waals surface area contributed by atoms with Crippen LogP contribution in [0.25, 0.3) is 0 Å². The molecule has 0 radical (unpaired) electrons. The van der Waals surface area contributed by atoms with E-state index in [0.717, 1.165) is 12.8 Å². The van der Waals surface area contributed by atoms with Crippen LogP contribution in [-0.2, 0) is 9.59 Å². The first-order valence-electron chi connectivity index (χ1n) is 6.86. The Hall–Kier alpha value is -1.79. The second-order valence-electron chi connectivity index (χ2n) is 5.26. The molecule has 0 bridgehead atoms. The van der Waals surface area contributed by atoms with Gasteiger partial charge in [-0.1, -0.05) is 0 Å². The van der Waals surface area contributed by atoms with Crippen LogP contribution < -0.4 is 10.6 Å². The monoisotopic (exact) mass is 285 g/mol. The number of carboxylic acid groups (broad SMARTS) is 1. The Morgan fingerprint density at radius 3 is 2.50 bits per heavy atom. The summed E-state index contributed by atoms with van der Waals surface area (Å²) in [5, 5.41) is 14.2. The second-order valence-corrected chi connectivity index (χ2v) is 5.26. The van der Waals surface area contributed by atoms with E-state index in [1.165, 1.54) is 0 Å². The van der Waals surface area contributed by atoms with Gasteiger partial charge in [0.1, 0.15) is 0 Å². The molecule has 3 N–H and O–H groups in total. The Kier molecular flexibility index (Phi) is 5.79. The van der Waals surface area contributed by atoms with Crippen LogP contribution >= 0.6 is 0 Å². The molecule has 0 aliphatic carbocycles. The molecule has 7 nitrogen and oxygen atoms in total. The van der Waals surface area contributed by atoms with Crippen molar-refractivity contribution in [2.75, 3.05) is 20.1 Å². The number of hydrogen-bond donors (Lipinski definition) is 3. The van der Waals surface area contributed by atoms with Gasteiger partial charge in [0.15, 0.2) is 0 Å². The van der Waals surface area contributed by atoms with Crippen molar-refractivity contribution >= 4 is 17.9 Å². The topological polar surface area (TPSA) is 98.7 Å². The number of urea groups is 1. The zero-order valence-corrected chi connectivity index (χ0v) is 12.2. The summed E-state index contributed by atoms with van der Waals surface area (Å²) in [6.07, 6.45) is 1.54. The van der Waals surface area contributed by atoms with Crippen LogP contribution in [-0.4, -0.2) is 54.1 Å². The van der Waals surface area contributed by atoms with Crippen LogP contribution in [0.15, 0.2) is 0 Å². The van der Waals surface area contributed by atoms with E-state index in [9.17, 15) is 14.4 Å². The highest BCUT2D eigenvalue weighted by Crippen LogP contribution is 2.17. The predicted octanol–water partition coefficient (Wildman–Crippen LogP) is 0.263. The maximum Gasteiger partial charge on any atom is 0.317 e. The first kappa shape index (κ1) is 16.3. The fourth-order valence-electron chi connectivity index (χ4n) is 2.20. The van der Waals surface area contributed by atoms with Gasteiger partial charge >= 0.3 is 12.0 Å². The van der Waals surface area contributed by atoms with Crippen molar-refractivity contribution in [3.8, 4) is 0 Å². The van der Waals surface area contributed by atoms with E-state index >= 15 is 0 Å². The number of hydrogen-bond acceptors (Lipinski definition) is 3. The van der Waals surface area contributed by atoms with E-state index in [1.807, 2.05) is 0 Å². The Bertz CT molecular complexity index is 386. The highest BCUT2D eigenvalue weighted by molar-refractivity contribution is 5.81. The van der Waals surface area contributed by atoms with E-state index in [2.05, 4.69) is 10.6 Å². The van der Waals surface area contributed by atoms with Crippen LogP contribution in [0.2, 0.25) is 0 Å². The maximum absolute atomic E-state index is 12.1. The molecule has 1 aliphatic rings. The van der Waals surface area contributed by atoms with Gasteiger partial charge in [0.05, 0.1) is 11.8 Å². The molecule has 0 aromatic carbocycles. The number of nitrogens with zero attached hydrogens (tertiary/aromatic N) is 1. The van der Waals surface area contributed by atoms with Gasteiger partial charge in [0.25, 0.3) is 0 Å². The third kappa shape index (κ3) is 4.11. The average molecular weight is 285 g/mol. The van der Waals surface area contributed by atoms with Gasteiger partial charge in [-0.2, -0.15) is 0 Å². The van der Waals surface area contributed by atoms with Gasteiger partial charge in [0.2, 0.25) is 5.91 Å². The van der Waals surface area contributed by atoms with Crippen molar-refractivity contribution in [3.63, 3.8) is 0 Å². The van der Waals surface area contributed by atoms with E-state index in [4.69, 9.17) is 5.11 Å². The highest BCUT2D eigenvalue weighted by atomic mass is 16.4. The molecule has 3 atom stereocenters. The van der Waals surface area contributed by atoms with Gasteiger partial charge in [0, 0.05) is 26.2 Å². The van der Waals surface area contributed by atoms with Crippen molar-refractivity contribution in [3.05, 3.63) is 0 Å². The first-order chi connectivity index (χ1) is 9.36. The molecule has 0 aromatic heterocycles. The Labute approximate surface area is 118 Å². The number of amides is 3. The van der Waals surface area contributed by atoms with Gasteiger partial charge in [-0.25, -0.2) is 4.79 Å². The summed E-state index contributed by atoms with van der Waals surface area (Å²) < 4.78 is 0. The number of carbonyl (C=O) groups is 3. The van der Waals surface area contributed by atoms with Gasteiger partial charge in [-0.15, -0.1) is 0 Å². The normalized spacial score (nSPS) is 21.8. The van der Waals surface area contributed by atoms with E-state index in [-0.39, 0.29) is 17.9 Å². The Morgan fingerprint density at radius 1 is 1.30 bits per heavy atom. The second kappa shape index (κ2) is 7.12. The molecule has 1 saturated heterocycles. The molecule has 1 heterocycles. The van der Waals surface area contributed by atoms with Crippen LogP contribution in [0.3, 0.4) is 0 Å². The highest BCUT2D eigenvalue weighted by Gasteiger charge is 2.29. The SMILES string of the molecule is CNC(=O)C1CCCN(C(=O)NC(C)C(C)C(=O)O)C1. The number of carbonyl (C=O) groups excluding carboxylic acids is 2. The summed E-state index contributed by atoms with van der Waals surface area (Å²) in [7, 11) is 1.58. The predicted molar refractivity (Wildman–Crippen MR) is 73.2 cm³/mol. The smallest absolute Gasteiger partial charge is 0.317 e. The Morgan fingerprint density at radius 2 is 1.95 bits per heavy atom. The minimum atomic E-state index is -0.945. The zero-order valence-electron chi connectivity index (χ0n) is 12.2. The largest absolute Gasteiger partial charge is 0.481 e. The number of nitrogens with one attached hydrogen (secondary N) is 2. The summed E-state index contributed by atoms with van der Waals surface area (Å²) in [5.74, 6) is -1.85. The summed E-state index contributed by atoms with van der Waals surface area (Å²) in [5.41, 5.74) is 0. The number of aliphatic carboxylic acids is 1. The van der Waals surface area contributed by atoms with Crippen molar-refractivity contribution < 1.29 is 19.5 Å². The van der Waals surface area contributed by atoms with Crippen molar-refractivity contribution in [2.24, 2.45) is 11.8 Å². The third-order valence-corrected chi connectivity index (χ3v) is 3.82. The quantitative estimate of drug-likeness (QED) is 0.690. The first-order valence-corrected chi connectivity index (χ1v) is 6.86. The fraction of sp³-hybridized carbons (Fsp3) is 0.769. The maximum atomic E-state index is 12.1. The molecule has 1 fully saturated rings. The molecule has 0 spiro atoms. The van der Waals surface area contributed by atoms with E-state index in [1.54, 1.807) is 25.8 Å². The number of carboxylic acids is 1. The van der Waals surface area contributed by atoms with Gasteiger partial charge in [-0.3, -0.25) is 9.59 Å². The summed E-state index contributed by atoms with van der Waals surface area (Å²) in [6.45, 7) is 4.18. The van der Waals surface area contributed by atoms with Gasteiger partial charge in [-0.05, 0) is 26.7 Å². The van der Waals surface area contributed by atoms with Crippen molar-refractivity contribution in [1.82, 2.24) is 15.5 Å². The van der Waals surface area contributed by atoms with Crippen molar-refractivity contribution in [1.29, 1.82) is 0 Å². The lowest BCUT2D eigenvalue weighted by Gasteiger charge is -2.33. The molecule has 1 rings (SSSR count). The summed E-state index contributed by atoms with van der Waals surface area (Å²) >= 11 is 0. The van der Waals surface area contributed by atoms with Crippen LogP contribution in [0.5, 0.6) is 0 Å². The fourth-order valence-corrected chi connectivity index (χ4v) is 2.20. The van der Waals surface area contributed by atoms with Crippen LogP contribution in [0.4, 0.5) is 4.79 Å². The molecular formula is C13H23N3O4. The molecule has 20 heavy (non-hydrogen) atoms. The third-order valence-electron chi connectivity index (χ3n) is 3.82. The van der Waals surface area contributed by atoms with Crippen LogP contribution in [0, 0.1) is 11.8 Å². The Balaban J connectivity index is 2.54. The number of likely N-dealkylation sites (tertiary alicyclic amines) is 1. The minimum absolute atomic E-state index is 0.0607. The lowest BCUT2D eigenvalue weighted by atomic mass is 9.97. The number of rotatable bonds is 4. The molecule has 7 heteroatoms. The van der Waals surface area contributed by atoms with Gasteiger partial charge < -0.3 is 20.6 Å².